The van der Waals surface area contributed by atoms with Gasteiger partial charge in [0, 0.05) is 0 Å². The molecule has 1 aromatic rings. The molecule has 90 valence electrons. The molecule has 0 saturated carbocycles. The van der Waals surface area contributed by atoms with Gasteiger partial charge in [-0.1, -0.05) is 12.1 Å². The van der Waals surface area contributed by atoms with Gasteiger partial charge < -0.3 is 27.6 Å². The zero-order chi connectivity index (χ0) is 11.3. The van der Waals surface area contributed by atoms with Crippen molar-refractivity contribution in [2.45, 2.75) is 12.5 Å². The summed E-state index contributed by atoms with van der Waals surface area (Å²) in [4.78, 5) is 11.1. The van der Waals surface area contributed by atoms with Crippen LogP contribution in [0.1, 0.15) is 5.56 Å². The van der Waals surface area contributed by atoms with Crippen LogP contribution >= 0.6 is 0 Å². The summed E-state index contributed by atoms with van der Waals surface area (Å²) in [6.45, 7) is 0. The monoisotopic (exact) mass is 244 g/mol. The number of rotatable bonds is 4. The van der Waals surface area contributed by atoms with E-state index in [1.807, 2.05) is 24.3 Å². The fourth-order valence-electron chi connectivity index (χ4n) is 1.25. The van der Waals surface area contributed by atoms with Gasteiger partial charge in [-0.2, -0.15) is 0 Å². The number of hydrogen-bond acceptors (Lipinski definition) is 4. The standard InChI is InChI=1S/C11H15NO3.ClH/c1-14-9-5-3-8(4-6-9)7-10(12)11(13)15-2;/h3-6,10H,7,12H2,1-2H3;1H/p-1. The molecule has 0 bridgehead atoms. The molecule has 4 nitrogen and oxygen atoms in total. The molecule has 1 aromatic carbocycles. The first-order chi connectivity index (χ1) is 7.17. The summed E-state index contributed by atoms with van der Waals surface area (Å²) in [6, 6.07) is 6.81. The van der Waals surface area contributed by atoms with Crippen molar-refractivity contribution in [3.05, 3.63) is 29.8 Å². The van der Waals surface area contributed by atoms with Crippen LogP contribution in [0, 0.1) is 0 Å². The van der Waals surface area contributed by atoms with Gasteiger partial charge in [0.2, 0.25) is 0 Å². The third-order valence-electron chi connectivity index (χ3n) is 2.12. The lowest BCUT2D eigenvalue weighted by atomic mass is 10.1. The predicted octanol–water partition coefficient (Wildman–Crippen LogP) is -2.26. The number of methoxy groups -OCH3 is 2. The minimum atomic E-state index is -0.608. The van der Waals surface area contributed by atoms with Crippen LogP contribution in [0.5, 0.6) is 5.75 Å². The first-order valence-corrected chi connectivity index (χ1v) is 4.63. The van der Waals surface area contributed by atoms with E-state index in [0.29, 0.717) is 6.42 Å². The third-order valence-corrected chi connectivity index (χ3v) is 2.12. The molecule has 0 aliphatic rings. The Labute approximate surface area is 101 Å². The molecule has 0 fully saturated rings. The average Bonchev–Trinajstić information content (AvgIpc) is 2.29. The summed E-state index contributed by atoms with van der Waals surface area (Å²) in [5.41, 5.74) is 6.60. The van der Waals surface area contributed by atoms with Crippen LogP contribution in [0.4, 0.5) is 0 Å². The van der Waals surface area contributed by atoms with Crippen LogP contribution in [0.2, 0.25) is 0 Å². The molecule has 0 aliphatic carbocycles. The summed E-state index contributed by atoms with van der Waals surface area (Å²) < 4.78 is 9.56. The molecule has 0 aliphatic heterocycles. The SMILES string of the molecule is COC(=O)C(N)Cc1ccc(OC)cc1.[Cl-]. The topological polar surface area (TPSA) is 61.5 Å². The van der Waals surface area contributed by atoms with Crippen molar-refractivity contribution in [3.63, 3.8) is 0 Å². The van der Waals surface area contributed by atoms with Crippen LogP contribution in [0.3, 0.4) is 0 Å². The quantitative estimate of drug-likeness (QED) is 0.608. The molecule has 0 spiro atoms. The molecule has 0 heterocycles. The molecule has 5 heteroatoms. The summed E-state index contributed by atoms with van der Waals surface area (Å²) in [5.74, 6) is 0.385. The number of carbonyl (C=O) groups excluding carboxylic acids is 1. The fourth-order valence-corrected chi connectivity index (χ4v) is 1.25. The number of nitrogens with two attached hydrogens (primary N) is 1. The van der Waals surface area contributed by atoms with E-state index in [-0.39, 0.29) is 12.4 Å². The lowest BCUT2D eigenvalue weighted by molar-refractivity contribution is -0.142. The van der Waals surface area contributed by atoms with Crippen molar-refractivity contribution >= 4 is 5.97 Å². The van der Waals surface area contributed by atoms with Gasteiger partial charge in [-0.15, -0.1) is 0 Å². The van der Waals surface area contributed by atoms with Crippen LogP contribution in [-0.2, 0) is 16.0 Å². The Bertz CT molecular complexity index is 327. The maximum atomic E-state index is 11.1. The first kappa shape index (κ1) is 14.7. The second-order valence-corrected chi connectivity index (χ2v) is 3.18. The minimum Gasteiger partial charge on any atom is -1.00 e. The molecule has 0 saturated heterocycles. The number of esters is 1. The van der Waals surface area contributed by atoms with E-state index in [9.17, 15) is 4.79 Å². The third kappa shape index (κ3) is 4.08. The van der Waals surface area contributed by atoms with Crippen LogP contribution in [-0.4, -0.2) is 26.2 Å². The van der Waals surface area contributed by atoms with Gasteiger partial charge in [-0.05, 0) is 24.1 Å². The highest BCUT2D eigenvalue weighted by molar-refractivity contribution is 5.75. The Kier molecular flexibility index (Phi) is 6.53. The molecule has 16 heavy (non-hydrogen) atoms. The molecule has 1 unspecified atom stereocenters. The molecule has 2 N–H and O–H groups in total. The van der Waals surface area contributed by atoms with Gasteiger partial charge in [-0.3, -0.25) is 4.79 Å². The normalized spacial score (nSPS) is 11.2. The van der Waals surface area contributed by atoms with Crippen molar-refractivity contribution in [3.8, 4) is 5.75 Å². The highest BCUT2D eigenvalue weighted by Crippen LogP contribution is 2.12. The zero-order valence-electron chi connectivity index (χ0n) is 9.27. The van der Waals surface area contributed by atoms with E-state index in [2.05, 4.69) is 4.74 Å². The van der Waals surface area contributed by atoms with Crippen molar-refractivity contribution in [2.24, 2.45) is 5.73 Å². The van der Waals surface area contributed by atoms with Crippen molar-refractivity contribution in [2.75, 3.05) is 14.2 Å². The second kappa shape index (κ2) is 7.09. The van der Waals surface area contributed by atoms with E-state index in [0.717, 1.165) is 11.3 Å². The van der Waals surface area contributed by atoms with Gasteiger partial charge in [0.05, 0.1) is 14.2 Å². The molecule has 0 aromatic heterocycles. The van der Waals surface area contributed by atoms with Crippen LogP contribution < -0.4 is 22.9 Å². The highest BCUT2D eigenvalue weighted by atomic mass is 35.5. The molecular weight excluding hydrogens is 230 g/mol. The maximum Gasteiger partial charge on any atom is 0.322 e. The highest BCUT2D eigenvalue weighted by Gasteiger charge is 2.13. The number of halogens is 1. The fraction of sp³-hybridized carbons (Fsp3) is 0.364. The van der Waals surface area contributed by atoms with Crippen molar-refractivity contribution in [1.82, 2.24) is 0 Å². The van der Waals surface area contributed by atoms with Crippen molar-refractivity contribution in [1.29, 1.82) is 0 Å². The van der Waals surface area contributed by atoms with Crippen molar-refractivity contribution < 1.29 is 26.7 Å². The Morgan fingerprint density at radius 3 is 2.31 bits per heavy atom. The van der Waals surface area contributed by atoms with Gasteiger partial charge in [0.15, 0.2) is 0 Å². The Morgan fingerprint density at radius 2 is 1.88 bits per heavy atom. The lowest BCUT2D eigenvalue weighted by Gasteiger charge is -2.09. The zero-order valence-corrected chi connectivity index (χ0v) is 10.0. The number of carbonyl (C=O) groups is 1. The lowest BCUT2D eigenvalue weighted by Crippen LogP contribution is -3.00. The van der Waals surface area contributed by atoms with Gasteiger partial charge in [0.25, 0.3) is 0 Å². The first-order valence-electron chi connectivity index (χ1n) is 4.63. The summed E-state index contributed by atoms with van der Waals surface area (Å²) >= 11 is 0. The second-order valence-electron chi connectivity index (χ2n) is 3.18. The van der Waals surface area contributed by atoms with Gasteiger partial charge in [-0.25, -0.2) is 0 Å². The van der Waals surface area contributed by atoms with Crippen LogP contribution in [0.15, 0.2) is 24.3 Å². The molecule has 0 radical (unpaired) electrons. The number of benzene rings is 1. The largest absolute Gasteiger partial charge is 1.00 e. The van der Waals surface area contributed by atoms with E-state index >= 15 is 0 Å². The molecule has 1 rings (SSSR count). The maximum absolute atomic E-state index is 11.1. The Morgan fingerprint density at radius 1 is 1.31 bits per heavy atom. The summed E-state index contributed by atoms with van der Waals surface area (Å²) in [5, 5.41) is 0. The smallest absolute Gasteiger partial charge is 0.322 e. The van der Waals surface area contributed by atoms with Gasteiger partial charge in [0.1, 0.15) is 11.8 Å². The minimum absolute atomic E-state index is 0. The van der Waals surface area contributed by atoms with Crippen LogP contribution in [0.25, 0.3) is 0 Å². The van der Waals surface area contributed by atoms with E-state index in [4.69, 9.17) is 10.5 Å². The summed E-state index contributed by atoms with van der Waals surface area (Å²) in [6.07, 6.45) is 0.469. The average molecular weight is 245 g/mol. The Balaban J connectivity index is 0.00000225. The van der Waals surface area contributed by atoms with E-state index < -0.39 is 12.0 Å². The predicted molar refractivity (Wildman–Crippen MR) is 56.7 cm³/mol. The Hall–Kier alpha value is -1.26. The molecule has 0 amide bonds. The summed E-state index contributed by atoms with van der Waals surface area (Å²) in [7, 11) is 2.94. The van der Waals surface area contributed by atoms with Gasteiger partial charge >= 0.3 is 5.97 Å². The number of ether oxygens (including phenoxy) is 2. The van der Waals surface area contributed by atoms with E-state index in [1.54, 1.807) is 7.11 Å². The van der Waals surface area contributed by atoms with E-state index in [1.165, 1.54) is 7.11 Å². The number of hydrogen-bond donors (Lipinski definition) is 1. The molecular formula is C11H15ClNO3-. The molecule has 1 atom stereocenters.